The lowest BCUT2D eigenvalue weighted by Gasteiger charge is -2.13. The van der Waals surface area contributed by atoms with Crippen molar-refractivity contribution < 1.29 is 9.32 Å². The first-order valence-electron chi connectivity index (χ1n) is 9.02. The molecular formula is C21H22IN3O2. The summed E-state index contributed by atoms with van der Waals surface area (Å²) in [5.41, 5.74) is 2.19. The SMILES string of the molecule is C[C@H](CCc1ccccc1)NC(=O)CCc1nc(-c2ccc(I)cc2)no1. The van der Waals surface area contributed by atoms with Gasteiger partial charge in [0.1, 0.15) is 0 Å². The summed E-state index contributed by atoms with van der Waals surface area (Å²) >= 11 is 2.25. The molecular weight excluding hydrogens is 453 g/mol. The van der Waals surface area contributed by atoms with Crippen molar-refractivity contribution in [2.75, 3.05) is 0 Å². The number of hydrogen-bond acceptors (Lipinski definition) is 4. The molecule has 5 nitrogen and oxygen atoms in total. The van der Waals surface area contributed by atoms with Crippen molar-refractivity contribution >= 4 is 28.5 Å². The van der Waals surface area contributed by atoms with Gasteiger partial charge in [0, 0.05) is 28.0 Å². The second-order valence-corrected chi connectivity index (χ2v) is 7.76. The van der Waals surface area contributed by atoms with E-state index in [-0.39, 0.29) is 11.9 Å². The molecule has 27 heavy (non-hydrogen) atoms. The number of aromatic nitrogens is 2. The van der Waals surface area contributed by atoms with Crippen molar-refractivity contribution in [1.29, 1.82) is 0 Å². The molecule has 0 aliphatic rings. The van der Waals surface area contributed by atoms with Crippen LogP contribution in [0.1, 0.15) is 31.2 Å². The number of nitrogens with zero attached hydrogens (tertiary/aromatic N) is 2. The van der Waals surface area contributed by atoms with Gasteiger partial charge in [0.05, 0.1) is 0 Å². The van der Waals surface area contributed by atoms with Crippen molar-refractivity contribution in [2.45, 2.75) is 38.6 Å². The maximum atomic E-state index is 12.2. The normalized spacial score (nSPS) is 11.9. The van der Waals surface area contributed by atoms with E-state index in [0.717, 1.165) is 22.0 Å². The van der Waals surface area contributed by atoms with Crippen LogP contribution in [-0.2, 0) is 17.6 Å². The Morgan fingerprint density at radius 2 is 1.85 bits per heavy atom. The molecule has 1 aromatic heterocycles. The third-order valence-corrected chi connectivity index (χ3v) is 4.97. The Labute approximate surface area is 172 Å². The van der Waals surface area contributed by atoms with E-state index in [2.05, 4.69) is 50.2 Å². The first-order chi connectivity index (χ1) is 13.1. The highest BCUT2D eigenvalue weighted by Gasteiger charge is 2.12. The smallest absolute Gasteiger partial charge is 0.227 e. The molecule has 1 atom stereocenters. The van der Waals surface area contributed by atoms with Gasteiger partial charge < -0.3 is 9.84 Å². The van der Waals surface area contributed by atoms with Crippen molar-refractivity contribution in [3.63, 3.8) is 0 Å². The number of hydrogen-bond donors (Lipinski definition) is 1. The number of carbonyl (C=O) groups excluding carboxylic acids is 1. The second kappa shape index (κ2) is 9.64. The van der Waals surface area contributed by atoms with Gasteiger partial charge in [0.15, 0.2) is 0 Å². The van der Waals surface area contributed by atoms with Crippen molar-refractivity contribution in [1.82, 2.24) is 15.5 Å². The summed E-state index contributed by atoms with van der Waals surface area (Å²) in [6, 6.07) is 18.3. The van der Waals surface area contributed by atoms with E-state index in [0.29, 0.717) is 24.6 Å². The Morgan fingerprint density at radius 1 is 1.11 bits per heavy atom. The molecule has 0 unspecified atom stereocenters. The molecule has 3 aromatic rings. The number of halogens is 1. The first kappa shape index (κ1) is 19.5. The largest absolute Gasteiger partial charge is 0.354 e. The third kappa shape index (κ3) is 6.16. The quantitative estimate of drug-likeness (QED) is 0.491. The highest BCUT2D eigenvalue weighted by atomic mass is 127. The number of benzene rings is 2. The zero-order valence-corrected chi connectivity index (χ0v) is 17.3. The minimum absolute atomic E-state index is 0.00424. The number of rotatable bonds is 8. The van der Waals surface area contributed by atoms with Crippen LogP contribution >= 0.6 is 22.6 Å². The Kier molecular flexibility index (Phi) is 6.98. The second-order valence-electron chi connectivity index (χ2n) is 6.51. The van der Waals surface area contributed by atoms with Crippen molar-refractivity contribution in [3.05, 3.63) is 69.6 Å². The summed E-state index contributed by atoms with van der Waals surface area (Å²) in [7, 11) is 0. The van der Waals surface area contributed by atoms with Crippen LogP contribution in [0, 0.1) is 3.57 Å². The lowest BCUT2D eigenvalue weighted by molar-refractivity contribution is -0.121. The molecule has 140 valence electrons. The Balaban J connectivity index is 1.43. The van der Waals surface area contributed by atoms with Crippen LogP contribution in [0.25, 0.3) is 11.4 Å². The molecule has 0 fully saturated rings. The third-order valence-electron chi connectivity index (χ3n) is 4.25. The minimum atomic E-state index is 0.00424. The van der Waals surface area contributed by atoms with E-state index in [1.807, 2.05) is 49.4 Å². The van der Waals surface area contributed by atoms with E-state index in [1.54, 1.807) is 0 Å². The maximum Gasteiger partial charge on any atom is 0.227 e. The lowest BCUT2D eigenvalue weighted by atomic mass is 10.1. The molecule has 3 rings (SSSR count). The molecule has 0 spiro atoms. The van der Waals surface area contributed by atoms with Gasteiger partial charge >= 0.3 is 0 Å². The Morgan fingerprint density at radius 3 is 2.59 bits per heavy atom. The van der Waals surface area contributed by atoms with E-state index in [1.165, 1.54) is 5.56 Å². The molecule has 0 saturated carbocycles. The van der Waals surface area contributed by atoms with Gasteiger partial charge in [0.2, 0.25) is 17.6 Å². The van der Waals surface area contributed by atoms with Gasteiger partial charge in [-0.3, -0.25) is 4.79 Å². The summed E-state index contributed by atoms with van der Waals surface area (Å²) < 4.78 is 6.42. The summed E-state index contributed by atoms with van der Waals surface area (Å²) in [5.74, 6) is 1.04. The van der Waals surface area contributed by atoms with Crippen LogP contribution in [0.15, 0.2) is 59.1 Å². The van der Waals surface area contributed by atoms with E-state index < -0.39 is 0 Å². The topological polar surface area (TPSA) is 68.0 Å². The highest BCUT2D eigenvalue weighted by molar-refractivity contribution is 14.1. The average Bonchev–Trinajstić information content (AvgIpc) is 3.15. The monoisotopic (exact) mass is 475 g/mol. The fourth-order valence-corrected chi connectivity index (χ4v) is 3.10. The predicted octanol–water partition coefficient (Wildman–Crippen LogP) is 4.41. The maximum absolute atomic E-state index is 12.2. The van der Waals surface area contributed by atoms with E-state index >= 15 is 0 Å². The molecule has 0 aliphatic carbocycles. The van der Waals surface area contributed by atoms with Gasteiger partial charge in [-0.25, -0.2) is 0 Å². The Bertz CT molecular complexity index is 863. The zero-order valence-electron chi connectivity index (χ0n) is 15.2. The number of amides is 1. The van der Waals surface area contributed by atoms with Gasteiger partial charge in [-0.1, -0.05) is 47.6 Å². The first-order valence-corrected chi connectivity index (χ1v) is 10.1. The van der Waals surface area contributed by atoms with Crippen LogP contribution in [0.2, 0.25) is 0 Å². The minimum Gasteiger partial charge on any atom is -0.354 e. The molecule has 0 bridgehead atoms. The molecule has 1 N–H and O–H groups in total. The van der Waals surface area contributed by atoms with Gasteiger partial charge in [-0.15, -0.1) is 0 Å². The van der Waals surface area contributed by atoms with Crippen LogP contribution in [0.3, 0.4) is 0 Å². The zero-order chi connectivity index (χ0) is 19.1. The fraction of sp³-hybridized carbons (Fsp3) is 0.286. The van der Waals surface area contributed by atoms with Crippen LogP contribution in [0.5, 0.6) is 0 Å². The molecule has 1 heterocycles. The van der Waals surface area contributed by atoms with Crippen LogP contribution < -0.4 is 5.32 Å². The molecule has 6 heteroatoms. The summed E-state index contributed by atoms with van der Waals surface area (Å²) in [6.45, 7) is 2.03. The lowest BCUT2D eigenvalue weighted by Crippen LogP contribution is -2.33. The number of nitrogens with one attached hydrogen (secondary N) is 1. The van der Waals surface area contributed by atoms with Gasteiger partial charge in [-0.05, 0) is 60.1 Å². The standard InChI is InChI=1S/C21H22IN3O2/c1-15(7-8-16-5-3-2-4-6-16)23-19(26)13-14-20-24-21(25-27-20)17-9-11-18(22)12-10-17/h2-6,9-12,15H,7-8,13-14H2,1H3,(H,23,26)/t15-/m1/s1. The predicted molar refractivity (Wildman–Crippen MR) is 113 cm³/mol. The molecule has 2 aromatic carbocycles. The van der Waals surface area contributed by atoms with E-state index in [4.69, 9.17) is 4.52 Å². The van der Waals surface area contributed by atoms with Crippen molar-refractivity contribution in [3.8, 4) is 11.4 Å². The van der Waals surface area contributed by atoms with Crippen LogP contribution in [-0.4, -0.2) is 22.1 Å². The average molecular weight is 475 g/mol. The van der Waals surface area contributed by atoms with Crippen LogP contribution in [0.4, 0.5) is 0 Å². The molecule has 1 amide bonds. The fourth-order valence-electron chi connectivity index (χ4n) is 2.74. The molecule has 0 saturated heterocycles. The molecule has 0 radical (unpaired) electrons. The van der Waals surface area contributed by atoms with E-state index in [9.17, 15) is 4.79 Å². The Hall–Kier alpha value is -2.22. The number of carbonyl (C=O) groups is 1. The van der Waals surface area contributed by atoms with Crippen molar-refractivity contribution in [2.24, 2.45) is 0 Å². The van der Waals surface area contributed by atoms with Gasteiger partial charge in [0.25, 0.3) is 0 Å². The summed E-state index contributed by atoms with van der Waals surface area (Å²) in [6.07, 6.45) is 2.64. The molecule has 0 aliphatic heterocycles. The summed E-state index contributed by atoms with van der Waals surface area (Å²) in [5, 5.41) is 7.03. The number of aryl methyl sites for hydroxylation is 2. The summed E-state index contributed by atoms with van der Waals surface area (Å²) in [4.78, 5) is 16.5. The van der Waals surface area contributed by atoms with Gasteiger partial charge in [-0.2, -0.15) is 4.98 Å². The highest BCUT2D eigenvalue weighted by Crippen LogP contribution is 2.17.